The van der Waals surface area contributed by atoms with E-state index in [1.54, 1.807) is 23.5 Å². The average Bonchev–Trinajstić information content (AvgIpc) is 3.60. The molecule has 3 heterocycles. The number of aliphatic carboxylic acids is 2. The molecule has 212 valence electrons. The molecule has 10 heteroatoms. The zero-order valence-corrected chi connectivity index (χ0v) is 23.3. The minimum Gasteiger partial charge on any atom is -0.478 e. The van der Waals surface area contributed by atoms with Crippen molar-refractivity contribution in [2.45, 2.75) is 57.9 Å². The first-order chi connectivity index (χ1) is 18.7. The quantitative estimate of drug-likeness (QED) is 0.353. The van der Waals surface area contributed by atoms with Crippen LogP contribution in [-0.2, 0) is 14.4 Å². The third-order valence-corrected chi connectivity index (χ3v) is 9.15. The Kier molecular flexibility index (Phi) is 9.61. The normalized spacial score (nSPS) is 21.2. The fraction of sp³-hybridized carbons (Fsp3) is 0.552. The van der Waals surface area contributed by atoms with Crippen molar-refractivity contribution >= 4 is 45.0 Å². The van der Waals surface area contributed by atoms with Crippen molar-refractivity contribution in [2.75, 3.05) is 44.2 Å². The van der Waals surface area contributed by atoms with E-state index < -0.39 is 11.9 Å². The third kappa shape index (κ3) is 7.16. The summed E-state index contributed by atoms with van der Waals surface area (Å²) in [6.45, 7) is 8.47. The average molecular weight is 560 g/mol. The molecule has 0 bridgehead atoms. The topological polar surface area (TPSA) is 101 Å². The van der Waals surface area contributed by atoms with E-state index in [1.165, 1.54) is 23.9 Å². The first kappa shape index (κ1) is 29.0. The van der Waals surface area contributed by atoms with E-state index in [1.807, 2.05) is 6.07 Å². The lowest BCUT2D eigenvalue weighted by Crippen LogP contribution is -2.46. The molecule has 1 saturated carbocycles. The molecule has 1 atom stereocenters. The number of amides is 1. The molecule has 1 amide bonds. The number of nitrogens with zero attached hydrogens (tertiary/aromatic N) is 3. The Morgan fingerprint density at radius 1 is 1.05 bits per heavy atom. The molecule has 2 N–H and O–H groups in total. The van der Waals surface area contributed by atoms with Crippen molar-refractivity contribution in [1.82, 2.24) is 9.80 Å². The molecule has 8 nitrogen and oxygen atoms in total. The molecule has 39 heavy (non-hydrogen) atoms. The summed E-state index contributed by atoms with van der Waals surface area (Å²) in [5.74, 6) is -2.22. The third-order valence-electron chi connectivity index (χ3n) is 8.22. The summed E-state index contributed by atoms with van der Waals surface area (Å²) in [6.07, 6.45) is 9.16. The Balaban J connectivity index is 0.000000386. The van der Waals surface area contributed by atoms with Gasteiger partial charge in [-0.3, -0.25) is 9.69 Å². The van der Waals surface area contributed by atoms with Crippen molar-refractivity contribution in [3.63, 3.8) is 0 Å². The van der Waals surface area contributed by atoms with E-state index in [0.29, 0.717) is 24.1 Å². The molecule has 1 aromatic heterocycles. The van der Waals surface area contributed by atoms with Gasteiger partial charge in [-0.05, 0) is 63.8 Å². The second-order valence-corrected chi connectivity index (χ2v) is 11.8. The van der Waals surface area contributed by atoms with Crippen LogP contribution in [0.4, 0.5) is 10.1 Å². The van der Waals surface area contributed by atoms with Crippen LogP contribution in [0.15, 0.2) is 35.7 Å². The standard InChI is InChI=1S/C25H34FN3OS.C4H4O4/c1-19-17-25(8-2-3-9-25)24(30)29(19)11-5-4-10-27-12-14-28(15-13-27)22-18-31-23-16-20(26)6-7-21(22)23;5-3(6)1-2-4(7)8/h6-7,16,18-19H,2-5,8-15,17H2,1H3;1-2H,(H,5,6)(H,7,8). The Hall–Kier alpha value is -2.98. The van der Waals surface area contributed by atoms with Gasteiger partial charge in [0.25, 0.3) is 0 Å². The van der Waals surface area contributed by atoms with Gasteiger partial charge in [0.15, 0.2) is 0 Å². The molecule has 1 spiro atoms. The lowest BCUT2D eigenvalue weighted by atomic mass is 9.83. The molecule has 3 aliphatic rings. The number of thiophene rings is 1. The minimum absolute atomic E-state index is 0.00728. The van der Waals surface area contributed by atoms with Gasteiger partial charge in [-0.15, -0.1) is 11.3 Å². The number of carbonyl (C=O) groups is 3. The molecule has 2 aromatic rings. The molecule has 1 aliphatic carbocycles. The highest BCUT2D eigenvalue weighted by Crippen LogP contribution is 2.48. The zero-order valence-electron chi connectivity index (χ0n) is 22.5. The number of halogens is 1. The maximum absolute atomic E-state index is 13.5. The number of carboxylic acids is 2. The van der Waals surface area contributed by atoms with Crippen LogP contribution in [0.5, 0.6) is 0 Å². The van der Waals surface area contributed by atoms with Gasteiger partial charge in [-0.25, -0.2) is 14.0 Å². The van der Waals surface area contributed by atoms with Crippen molar-refractivity contribution in [1.29, 1.82) is 0 Å². The molecule has 3 fully saturated rings. The van der Waals surface area contributed by atoms with Crippen LogP contribution in [0.1, 0.15) is 51.9 Å². The van der Waals surface area contributed by atoms with Gasteiger partial charge in [0, 0.05) is 66.4 Å². The number of likely N-dealkylation sites (tertiary alicyclic amines) is 1. The fourth-order valence-electron chi connectivity index (χ4n) is 6.26. The first-order valence-corrected chi connectivity index (χ1v) is 14.7. The zero-order chi connectivity index (χ0) is 28.0. The summed E-state index contributed by atoms with van der Waals surface area (Å²) < 4.78 is 14.5. The van der Waals surface area contributed by atoms with Crippen molar-refractivity contribution in [3.05, 3.63) is 41.5 Å². The number of anilines is 1. The van der Waals surface area contributed by atoms with Gasteiger partial charge in [0.05, 0.1) is 11.1 Å². The van der Waals surface area contributed by atoms with E-state index in [9.17, 15) is 18.8 Å². The first-order valence-electron chi connectivity index (χ1n) is 13.8. The Bertz CT molecular complexity index is 1180. The van der Waals surface area contributed by atoms with Crippen LogP contribution < -0.4 is 4.90 Å². The van der Waals surface area contributed by atoms with E-state index >= 15 is 0 Å². The maximum atomic E-state index is 13.5. The molecular weight excluding hydrogens is 521 g/mol. The second kappa shape index (κ2) is 12.9. The van der Waals surface area contributed by atoms with Crippen LogP contribution in [0.2, 0.25) is 0 Å². The molecule has 1 unspecified atom stereocenters. The predicted molar refractivity (Wildman–Crippen MR) is 151 cm³/mol. The fourth-order valence-corrected chi connectivity index (χ4v) is 7.26. The molecule has 5 rings (SSSR count). The van der Waals surface area contributed by atoms with Crippen LogP contribution >= 0.6 is 11.3 Å². The highest BCUT2D eigenvalue weighted by Gasteiger charge is 2.50. The van der Waals surface area contributed by atoms with Gasteiger partial charge in [0.2, 0.25) is 5.91 Å². The van der Waals surface area contributed by atoms with Crippen molar-refractivity contribution in [2.24, 2.45) is 5.41 Å². The van der Waals surface area contributed by atoms with Crippen LogP contribution in [0.3, 0.4) is 0 Å². The molecule has 1 aromatic carbocycles. The summed E-state index contributed by atoms with van der Waals surface area (Å²) in [5.41, 5.74) is 1.26. The molecule has 2 saturated heterocycles. The molecule has 0 radical (unpaired) electrons. The summed E-state index contributed by atoms with van der Waals surface area (Å²) >= 11 is 1.63. The van der Waals surface area contributed by atoms with E-state index in [4.69, 9.17) is 10.2 Å². The number of unbranched alkanes of at least 4 members (excludes halogenated alkanes) is 1. The number of carboxylic acid groups (broad SMARTS) is 2. The maximum Gasteiger partial charge on any atom is 0.328 e. The molecule has 2 aliphatic heterocycles. The van der Waals surface area contributed by atoms with E-state index in [-0.39, 0.29) is 11.2 Å². The number of piperazine rings is 1. The SMILES string of the molecule is CC1CC2(CCCC2)C(=O)N1CCCCN1CCN(c2csc3cc(F)ccc23)CC1.O=C(O)C=CC(=O)O. The Morgan fingerprint density at radius 2 is 1.69 bits per heavy atom. The highest BCUT2D eigenvalue weighted by atomic mass is 32.1. The highest BCUT2D eigenvalue weighted by molar-refractivity contribution is 7.17. The lowest BCUT2D eigenvalue weighted by Gasteiger charge is -2.36. The number of hydrogen-bond donors (Lipinski definition) is 2. The summed E-state index contributed by atoms with van der Waals surface area (Å²) in [4.78, 5) is 39.3. The van der Waals surface area contributed by atoms with Crippen LogP contribution in [-0.4, -0.2) is 83.2 Å². The van der Waals surface area contributed by atoms with Gasteiger partial charge in [0.1, 0.15) is 5.82 Å². The van der Waals surface area contributed by atoms with E-state index in [2.05, 4.69) is 27.0 Å². The lowest BCUT2D eigenvalue weighted by molar-refractivity contribution is -0.136. The molecular formula is C29H38FN3O5S. The van der Waals surface area contributed by atoms with Crippen LogP contribution in [0.25, 0.3) is 10.1 Å². The predicted octanol–water partition coefficient (Wildman–Crippen LogP) is 4.84. The number of carbonyl (C=O) groups excluding carboxylic acids is 1. The monoisotopic (exact) mass is 559 g/mol. The Labute approximate surface area is 232 Å². The van der Waals surface area contributed by atoms with Crippen molar-refractivity contribution in [3.8, 4) is 0 Å². The summed E-state index contributed by atoms with van der Waals surface area (Å²) in [5, 5.41) is 19.0. The summed E-state index contributed by atoms with van der Waals surface area (Å²) in [6, 6.07) is 5.54. The Morgan fingerprint density at radius 3 is 2.33 bits per heavy atom. The largest absolute Gasteiger partial charge is 0.478 e. The van der Waals surface area contributed by atoms with Crippen LogP contribution in [0, 0.1) is 11.2 Å². The van der Waals surface area contributed by atoms with Gasteiger partial charge >= 0.3 is 11.9 Å². The van der Waals surface area contributed by atoms with Gasteiger partial charge in [-0.1, -0.05) is 12.8 Å². The second-order valence-electron chi connectivity index (χ2n) is 10.8. The summed E-state index contributed by atoms with van der Waals surface area (Å²) in [7, 11) is 0. The number of rotatable bonds is 8. The van der Waals surface area contributed by atoms with Gasteiger partial charge < -0.3 is 20.0 Å². The van der Waals surface area contributed by atoms with Crippen molar-refractivity contribution < 1.29 is 29.0 Å². The smallest absolute Gasteiger partial charge is 0.328 e. The number of benzene rings is 1. The number of hydrogen-bond acceptors (Lipinski definition) is 6. The minimum atomic E-state index is -1.26. The van der Waals surface area contributed by atoms with Gasteiger partial charge in [-0.2, -0.15) is 0 Å². The van der Waals surface area contributed by atoms with E-state index in [0.717, 1.165) is 76.1 Å². The number of fused-ring (bicyclic) bond motifs is 1.